The van der Waals surface area contributed by atoms with Gasteiger partial charge in [-0.3, -0.25) is 4.99 Å². The number of amidine groups is 1. The zero-order valence-electron chi connectivity index (χ0n) is 11.7. The van der Waals surface area contributed by atoms with Gasteiger partial charge >= 0.3 is 0 Å². The van der Waals surface area contributed by atoms with Crippen molar-refractivity contribution in [3.63, 3.8) is 0 Å². The molecule has 2 aliphatic rings. The van der Waals surface area contributed by atoms with Crippen LogP contribution in [0.15, 0.2) is 4.99 Å². The lowest BCUT2D eigenvalue weighted by molar-refractivity contribution is 0.366. The van der Waals surface area contributed by atoms with Crippen LogP contribution in [0.3, 0.4) is 0 Å². The first-order chi connectivity index (χ1) is 8.00. The van der Waals surface area contributed by atoms with Gasteiger partial charge in [-0.2, -0.15) is 0 Å². The molecule has 0 aromatic rings. The minimum absolute atomic E-state index is 0.276. The molecule has 0 amide bonds. The van der Waals surface area contributed by atoms with E-state index in [1.54, 1.807) is 0 Å². The molecule has 1 aliphatic heterocycles. The summed E-state index contributed by atoms with van der Waals surface area (Å²) < 4.78 is 0. The normalized spacial score (nSPS) is 33.8. The van der Waals surface area contributed by atoms with Crippen LogP contribution in [0, 0.1) is 11.3 Å². The molecule has 0 spiro atoms. The van der Waals surface area contributed by atoms with Crippen molar-refractivity contribution in [3.8, 4) is 0 Å². The molecule has 1 saturated heterocycles. The molecule has 1 N–H and O–H groups in total. The molecule has 0 radical (unpaired) electrons. The smallest absolute Gasteiger partial charge is 0.156 e. The molecule has 17 heavy (non-hydrogen) atoms. The first-order valence-corrected chi connectivity index (χ1v) is 7.94. The molecule has 2 fully saturated rings. The average Bonchev–Trinajstić information content (AvgIpc) is 3.08. The Balaban J connectivity index is 1.94. The zero-order valence-corrected chi connectivity index (χ0v) is 12.5. The van der Waals surface area contributed by atoms with Crippen LogP contribution in [0.4, 0.5) is 0 Å². The first kappa shape index (κ1) is 13.3. The van der Waals surface area contributed by atoms with E-state index in [4.69, 9.17) is 4.99 Å². The molecule has 0 aromatic carbocycles. The monoisotopic (exact) mass is 254 g/mol. The maximum atomic E-state index is 4.85. The highest BCUT2D eigenvalue weighted by molar-refractivity contribution is 8.13. The number of thioether (sulfide) groups is 1. The highest BCUT2D eigenvalue weighted by Crippen LogP contribution is 2.52. The molecule has 1 saturated carbocycles. The summed E-state index contributed by atoms with van der Waals surface area (Å²) in [5, 5.41) is 4.82. The minimum Gasteiger partial charge on any atom is -0.360 e. The molecule has 1 heterocycles. The summed E-state index contributed by atoms with van der Waals surface area (Å²) in [5.41, 5.74) is 0.813. The first-order valence-electron chi connectivity index (χ1n) is 6.95. The van der Waals surface area contributed by atoms with E-state index < -0.39 is 0 Å². The standard InChI is InChI=1S/C14H26N2S/c1-5-13(4)8-9-17-12(16-13)15-10-14(6-7-14)11(2)3/h11H,5-10H2,1-4H3,(H,15,16). The lowest BCUT2D eigenvalue weighted by Gasteiger charge is -2.35. The Hall–Kier alpha value is -0.180. The van der Waals surface area contributed by atoms with Gasteiger partial charge in [-0.1, -0.05) is 32.5 Å². The summed E-state index contributed by atoms with van der Waals surface area (Å²) in [6.45, 7) is 10.3. The van der Waals surface area contributed by atoms with Crippen molar-refractivity contribution in [3.05, 3.63) is 0 Å². The van der Waals surface area contributed by atoms with Crippen molar-refractivity contribution < 1.29 is 0 Å². The van der Waals surface area contributed by atoms with Crippen LogP contribution in [-0.2, 0) is 0 Å². The van der Waals surface area contributed by atoms with E-state index in [9.17, 15) is 0 Å². The average molecular weight is 254 g/mol. The summed E-state index contributed by atoms with van der Waals surface area (Å²) >= 11 is 1.90. The second-order valence-electron chi connectivity index (χ2n) is 6.28. The van der Waals surface area contributed by atoms with Crippen LogP contribution in [0.2, 0.25) is 0 Å². The van der Waals surface area contributed by atoms with Gasteiger partial charge in [0, 0.05) is 17.8 Å². The SMILES string of the molecule is CCC1(C)CCSC(=NCC2(C(C)C)CC2)N1. The number of aliphatic imine (C=N–C) groups is 1. The highest BCUT2D eigenvalue weighted by Gasteiger charge is 2.45. The number of rotatable bonds is 4. The van der Waals surface area contributed by atoms with Crippen molar-refractivity contribution in [2.75, 3.05) is 12.3 Å². The Labute approximate surface area is 110 Å². The van der Waals surface area contributed by atoms with Crippen LogP contribution >= 0.6 is 11.8 Å². The lowest BCUT2D eigenvalue weighted by Crippen LogP contribution is -2.48. The van der Waals surface area contributed by atoms with Gasteiger partial charge in [0.15, 0.2) is 5.17 Å². The van der Waals surface area contributed by atoms with E-state index in [-0.39, 0.29) is 5.54 Å². The molecule has 0 bridgehead atoms. The lowest BCUT2D eigenvalue weighted by atomic mass is 9.93. The van der Waals surface area contributed by atoms with Gasteiger partial charge in [0.2, 0.25) is 0 Å². The van der Waals surface area contributed by atoms with Gasteiger partial charge in [0.25, 0.3) is 0 Å². The van der Waals surface area contributed by atoms with Gasteiger partial charge in [0.1, 0.15) is 0 Å². The number of nitrogens with one attached hydrogen (secondary N) is 1. The van der Waals surface area contributed by atoms with Crippen molar-refractivity contribution in [1.82, 2.24) is 5.32 Å². The van der Waals surface area contributed by atoms with E-state index in [1.807, 2.05) is 11.8 Å². The van der Waals surface area contributed by atoms with E-state index in [0.29, 0.717) is 5.41 Å². The minimum atomic E-state index is 0.276. The molecule has 1 atom stereocenters. The summed E-state index contributed by atoms with van der Waals surface area (Å²) in [7, 11) is 0. The van der Waals surface area contributed by atoms with Crippen LogP contribution in [0.5, 0.6) is 0 Å². The van der Waals surface area contributed by atoms with Gasteiger partial charge in [0.05, 0.1) is 0 Å². The van der Waals surface area contributed by atoms with Crippen molar-refractivity contribution in [2.24, 2.45) is 16.3 Å². The quantitative estimate of drug-likeness (QED) is 0.827. The second-order valence-corrected chi connectivity index (χ2v) is 7.36. The Morgan fingerprint density at radius 1 is 1.35 bits per heavy atom. The maximum Gasteiger partial charge on any atom is 0.156 e. The van der Waals surface area contributed by atoms with Crippen molar-refractivity contribution >= 4 is 16.9 Å². The molecule has 1 unspecified atom stereocenters. The van der Waals surface area contributed by atoms with Crippen molar-refractivity contribution in [2.45, 2.75) is 58.9 Å². The molecule has 0 aromatic heterocycles. The molecule has 2 nitrogen and oxygen atoms in total. The summed E-state index contributed by atoms with van der Waals surface area (Å²) in [6, 6.07) is 0. The van der Waals surface area contributed by atoms with Crippen LogP contribution in [-0.4, -0.2) is 23.0 Å². The van der Waals surface area contributed by atoms with E-state index >= 15 is 0 Å². The fraction of sp³-hybridized carbons (Fsp3) is 0.929. The van der Waals surface area contributed by atoms with Crippen molar-refractivity contribution in [1.29, 1.82) is 0 Å². The van der Waals surface area contributed by atoms with Gasteiger partial charge in [-0.05, 0) is 43.9 Å². The van der Waals surface area contributed by atoms with Gasteiger partial charge < -0.3 is 5.32 Å². The summed E-state index contributed by atoms with van der Waals surface area (Å²) in [6.07, 6.45) is 5.18. The fourth-order valence-electron chi connectivity index (χ4n) is 2.39. The van der Waals surface area contributed by atoms with Crippen LogP contribution < -0.4 is 5.32 Å². The molecule has 3 heteroatoms. The third-order valence-corrected chi connectivity index (χ3v) is 5.65. The third-order valence-electron chi connectivity index (χ3n) is 4.74. The molecule has 98 valence electrons. The largest absolute Gasteiger partial charge is 0.360 e. The fourth-order valence-corrected chi connectivity index (χ4v) is 3.61. The third kappa shape index (κ3) is 2.98. The summed E-state index contributed by atoms with van der Waals surface area (Å²) in [4.78, 5) is 4.85. The number of hydrogen-bond donors (Lipinski definition) is 1. The predicted molar refractivity (Wildman–Crippen MR) is 77.7 cm³/mol. The van der Waals surface area contributed by atoms with Gasteiger partial charge in [-0.15, -0.1) is 0 Å². The number of nitrogens with zero attached hydrogens (tertiary/aromatic N) is 1. The Kier molecular flexibility index (Phi) is 3.77. The van der Waals surface area contributed by atoms with E-state index in [2.05, 4.69) is 33.0 Å². The number of hydrogen-bond acceptors (Lipinski definition) is 2. The van der Waals surface area contributed by atoms with Crippen LogP contribution in [0.25, 0.3) is 0 Å². The second kappa shape index (κ2) is 4.83. The molecule has 1 aliphatic carbocycles. The predicted octanol–water partition coefficient (Wildman–Crippen LogP) is 3.67. The molecule has 2 rings (SSSR count). The van der Waals surface area contributed by atoms with Gasteiger partial charge in [-0.25, -0.2) is 0 Å². The van der Waals surface area contributed by atoms with E-state index in [1.165, 1.54) is 36.6 Å². The molecular weight excluding hydrogens is 228 g/mol. The Morgan fingerprint density at radius 2 is 2.06 bits per heavy atom. The maximum absolute atomic E-state index is 4.85. The Bertz CT molecular complexity index is 307. The summed E-state index contributed by atoms with van der Waals surface area (Å²) in [5.74, 6) is 1.99. The molecular formula is C14H26N2S. The topological polar surface area (TPSA) is 24.4 Å². The Morgan fingerprint density at radius 3 is 2.59 bits per heavy atom. The zero-order chi connectivity index (χ0) is 12.5. The van der Waals surface area contributed by atoms with Crippen LogP contribution in [0.1, 0.15) is 53.4 Å². The highest BCUT2D eigenvalue weighted by atomic mass is 32.2. The van der Waals surface area contributed by atoms with E-state index in [0.717, 1.165) is 12.5 Å².